The van der Waals surface area contributed by atoms with Crippen LogP contribution in [-0.2, 0) is 9.53 Å². The molecule has 0 aliphatic rings. The summed E-state index contributed by atoms with van der Waals surface area (Å²) in [5, 5.41) is 18.7. The van der Waals surface area contributed by atoms with Gasteiger partial charge in [0.15, 0.2) is 0 Å². The largest absolute Gasteiger partial charge is 0.460 e. The number of hydrogen-bond acceptors (Lipinski definition) is 4. The second kappa shape index (κ2) is 5.99. The quantitative estimate of drug-likeness (QED) is 0.651. The number of carbonyl (C=O) groups excluding carboxylic acids is 1. The molecular formula is C14H15NO3. The zero-order chi connectivity index (χ0) is 13.7. The minimum Gasteiger partial charge on any atom is -0.460 e. The Balaban J connectivity index is 2.86. The van der Waals surface area contributed by atoms with Crippen LogP contribution in [0.4, 0.5) is 0 Å². The number of hydrogen-bond donors (Lipinski definition) is 1. The molecule has 1 aromatic carbocycles. The second-order valence-corrected chi connectivity index (χ2v) is 4.12. The van der Waals surface area contributed by atoms with Crippen molar-refractivity contribution in [2.45, 2.75) is 26.1 Å². The fourth-order valence-corrected chi connectivity index (χ4v) is 1.38. The van der Waals surface area contributed by atoms with Gasteiger partial charge in [-0.3, -0.25) is 0 Å². The van der Waals surface area contributed by atoms with Crippen LogP contribution in [-0.4, -0.2) is 17.2 Å². The lowest BCUT2D eigenvalue weighted by atomic mass is 10.0. The van der Waals surface area contributed by atoms with Gasteiger partial charge < -0.3 is 9.84 Å². The first kappa shape index (κ1) is 13.9. The number of benzene rings is 1. The Labute approximate surface area is 106 Å². The average Bonchev–Trinajstić information content (AvgIpc) is 2.36. The maximum Gasteiger partial charge on any atom is 0.336 e. The predicted octanol–water partition coefficient (Wildman–Crippen LogP) is 2.10. The Hall–Kier alpha value is -2.12. The molecule has 94 valence electrons. The number of aliphatic hydroxyl groups is 1. The Morgan fingerprint density at radius 3 is 2.72 bits per heavy atom. The van der Waals surface area contributed by atoms with E-state index in [4.69, 9.17) is 10.00 Å². The molecule has 0 fully saturated rings. The van der Waals surface area contributed by atoms with Crippen LogP contribution in [0.5, 0.6) is 0 Å². The van der Waals surface area contributed by atoms with Gasteiger partial charge in [0.25, 0.3) is 0 Å². The van der Waals surface area contributed by atoms with Crippen molar-refractivity contribution in [3.8, 4) is 6.07 Å². The van der Waals surface area contributed by atoms with Gasteiger partial charge in [0.1, 0.15) is 6.10 Å². The summed E-state index contributed by atoms with van der Waals surface area (Å²) in [5.74, 6) is -0.639. The summed E-state index contributed by atoms with van der Waals surface area (Å²) in [5.41, 5.74) is 0.815. The van der Waals surface area contributed by atoms with Gasteiger partial charge in [0, 0.05) is 0 Å². The molecule has 0 saturated carbocycles. The molecule has 1 atom stereocenters. The third kappa shape index (κ3) is 3.44. The standard InChI is InChI=1S/C14H15NO3/c1-9(2)18-14(17)10(3)13(16)12-6-4-5-11(7-12)8-15/h4-7,9,13,16H,3H2,1-2H3. The van der Waals surface area contributed by atoms with Crippen LogP contribution in [0.2, 0.25) is 0 Å². The molecule has 0 amide bonds. The first-order valence-corrected chi connectivity index (χ1v) is 5.53. The molecule has 0 spiro atoms. The van der Waals surface area contributed by atoms with Crippen molar-refractivity contribution < 1.29 is 14.6 Å². The fraction of sp³-hybridized carbons (Fsp3) is 0.286. The molecule has 1 aromatic rings. The number of rotatable bonds is 4. The van der Waals surface area contributed by atoms with Gasteiger partial charge >= 0.3 is 5.97 Å². The van der Waals surface area contributed by atoms with Crippen molar-refractivity contribution in [3.05, 3.63) is 47.5 Å². The Morgan fingerprint density at radius 1 is 1.50 bits per heavy atom. The predicted molar refractivity (Wildman–Crippen MR) is 66.5 cm³/mol. The van der Waals surface area contributed by atoms with E-state index >= 15 is 0 Å². The van der Waals surface area contributed by atoms with Gasteiger partial charge in [0.05, 0.1) is 23.3 Å². The van der Waals surface area contributed by atoms with E-state index in [2.05, 4.69) is 6.58 Å². The van der Waals surface area contributed by atoms with Crippen molar-refractivity contribution in [3.63, 3.8) is 0 Å². The summed E-state index contributed by atoms with van der Waals surface area (Å²) in [4.78, 5) is 11.6. The zero-order valence-electron chi connectivity index (χ0n) is 10.4. The van der Waals surface area contributed by atoms with E-state index in [0.29, 0.717) is 11.1 Å². The molecule has 4 heteroatoms. The Bertz CT molecular complexity index is 500. The SMILES string of the molecule is C=C(C(=O)OC(C)C)C(O)c1cccc(C#N)c1. The number of nitriles is 1. The van der Waals surface area contributed by atoms with Crippen molar-refractivity contribution >= 4 is 5.97 Å². The third-order valence-electron chi connectivity index (χ3n) is 2.27. The molecule has 1 unspecified atom stereocenters. The van der Waals surface area contributed by atoms with E-state index in [1.54, 1.807) is 32.0 Å². The number of carbonyl (C=O) groups is 1. The van der Waals surface area contributed by atoms with E-state index in [9.17, 15) is 9.90 Å². The van der Waals surface area contributed by atoms with E-state index in [-0.39, 0.29) is 11.7 Å². The molecule has 0 radical (unpaired) electrons. The van der Waals surface area contributed by atoms with Crippen LogP contribution in [0, 0.1) is 11.3 Å². The maximum atomic E-state index is 11.6. The first-order valence-electron chi connectivity index (χ1n) is 5.53. The smallest absolute Gasteiger partial charge is 0.336 e. The summed E-state index contributed by atoms with van der Waals surface area (Å²) in [6, 6.07) is 8.36. The number of esters is 1. The molecule has 18 heavy (non-hydrogen) atoms. The number of ether oxygens (including phenoxy) is 1. The molecule has 0 aliphatic heterocycles. The summed E-state index contributed by atoms with van der Waals surface area (Å²) in [6.07, 6.45) is -1.43. The Kier molecular flexibility index (Phi) is 4.64. The lowest BCUT2D eigenvalue weighted by molar-refractivity contribution is -0.143. The van der Waals surface area contributed by atoms with Gasteiger partial charge in [-0.05, 0) is 31.5 Å². The molecule has 0 saturated heterocycles. The van der Waals surface area contributed by atoms with Crippen LogP contribution in [0.1, 0.15) is 31.1 Å². The molecule has 0 bridgehead atoms. The highest BCUT2D eigenvalue weighted by atomic mass is 16.5. The summed E-state index contributed by atoms with van der Waals surface area (Å²) < 4.78 is 4.95. The van der Waals surface area contributed by atoms with Gasteiger partial charge in [-0.2, -0.15) is 5.26 Å². The highest BCUT2D eigenvalue weighted by Gasteiger charge is 2.20. The minimum atomic E-state index is -1.16. The average molecular weight is 245 g/mol. The molecule has 1 N–H and O–H groups in total. The zero-order valence-corrected chi connectivity index (χ0v) is 10.4. The summed E-state index contributed by atoms with van der Waals surface area (Å²) in [7, 11) is 0. The van der Waals surface area contributed by atoms with E-state index in [1.165, 1.54) is 6.07 Å². The van der Waals surface area contributed by atoms with Crippen molar-refractivity contribution in [2.24, 2.45) is 0 Å². The highest BCUT2D eigenvalue weighted by Crippen LogP contribution is 2.22. The van der Waals surface area contributed by atoms with Gasteiger partial charge in [0.2, 0.25) is 0 Å². The second-order valence-electron chi connectivity index (χ2n) is 4.12. The lowest BCUT2D eigenvalue weighted by Gasteiger charge is -2.15. The fourth-order valence-electron chi connectivity index (χ4n) is 1.38. The van der Waals surface area contributed by atoms with Crippen molar-refractivity contribution in [1.29, 1.82) is 5.26 Å². The van der Waals surface area contributed by atoms with Crippen molar-refractivity contribution in [1.82, 2.24) is 0 Å². The maximum absolute atomic E-state index is 11.6. The normalized spacial score (nSPS) is 11.7. The molecule has 4 nitrogen and oxygen atoms in total. The molecule has 0 heterocycles. The van der Waals surface area contributed by atoms with Crippen LogP contribution in [0.15, 0.2) is 36.4 Å². The molecule has 0 aliphatic carbocycles. The van der Waals surface area contributed by atoms with Gasteiger partial charge in [-0.15, -0.1) is 0 Å². The van der Waals surface area contributed by atoms with Crippen molar-refractivity contribution in [2.75, 3.05) is 0 Å². The molecule has 1 rings (SSSR count). The van der Waals surface area contributed by atoms with Crippen LogP contribution >= 0.6 is 0 Å². The molecular weight excluding hydrogens is 230 g/mol. The van der Waals surface area contributed by atoms with Crippen LogP contribution in [0.3, 0.4) is 0 Å². The topological polar surface area (TPSA) is 70.3 Å². The summed E-state index contributed by atoms with van der Waals surface area (Å²) >= 11 is 0. The van der Waals surface area contributed by atoms with Crippen LogP contribution in [0.25, 0.3) is 0 Å². The van der Waals surface area contributed by atoms with Crippen LogP contribution < -0.4 is 0 Å². The minimum absolute atomic E-state index is 0.0428. The lowest BCUT2D eigenvalue weighted by Crippen LogP contribution is -2.17. The van der Waals surface area contributed by atoms with E-state index < -0.39 is 12.1 Å². The number of aliphatic hydroxyl groups excluding tert-OH is 1. The van der Waals surface area contributed by atoms with Gasteiger partial charge in [-0.25, -0.2) is 4.79 Å². The Morgan fingerprint density at radius 2 is 2.17 bits per heavy atom. The first-order chi connectivity index (χ1) is 8.45. The highest BCUT2D eigenvalue weighted by molar-refractivity contribution is 5.89. The van der Waals surface area contributed by atoms with Gasteiger partial charge in [-0.1, -0.05) is 18.7 Å². The van der Waals surface area contributed by atoms with E-state index in [1.807, 2.05) is 6.07 Å². The monoisotopic (exact) mass is 245 g/mol. The van der Waals surface area contributed by atoms with E-state index in [0.717, 1.165) is 0 Å². The third-order valence-corrected chi connectivity index (χ3v) is 2.27. The number of nitrogens with zero attached hydrogens (tertiary/aromatic N) is 1. The summed E-state index contributed by atoms with van der Waals surface area (Å²) in [6.45, 7) is 6.96. The molecule has 0 aromatic heterocycles.